The molecule has 0 radical (unpaired) electrons. The van der Waals surface area contributed by atoms with Crippen LogP contribution in [0.2, 0.25) is 0 Å². The summed E-state index contributed by atoms with van der Waals surface area (Å²) in [5.41, 5.74) is 7.04. The lowest BCUT2D eigenvalue weighted by molar-refractivity contribution is 0.228. The maximum Gasteiger partial charge on any atom is 0.0548 e. The molecule has 0 N–H and O–H groups in total. The number of nitrogens with zero attached hydrogens (tertiary/aromatic N) is 4. The van der Waals surface area contributed by atoms with E-state index in [0.29, 0.717) is 0 Å². The van der Waals surface area contributed by atoms with Crippen LogP contribution in [-0.4, -0.2) is 19.8 Å². The first-order valence-electron chi connectivity index (χ1n) is 11.2. The Morgan fingerprint density at radius 2 is 0.781 bits per heavy atom. The number of rotatable bonds is 4. The number of fused-ring (bicyclic) bond motifs is 4. The molecule has 32 heavy (non-hydrogen) atoms. The van der Waals surface area contributed by atoms with E-state index in [9.17, 15) is 0 Å². The Kier molecular flexibility index (Phi) is 6.33. The van der Waals surface area contributed by atoms with Crippen LogP contribution in [0.25, 0.3) is 0 Å². The van der Waals surface area contributed by atoms with Gasteiger partial charge in [0.05, 0.1) is 22.8 Å². The number of hydrogen-bond acceptors (Lipinski definition) is 4. The molecular formula is C28H28N4. The van der Waals surface area contributed by atoms with Crippen LogP contribution in [0.15, 0.2) is 97.1 Å². The van der Waals surface area contributed by atoms with Gasteiger partial charge in [0.2, 0.25) is 0 Å². The third-order valence-corrected chi connectivity index (χ3v) is 5.77. The Bertz CT molecular complexity index is 1010. The van der Waals surface area contributed by atoms with Gasteiger partial charge in [0, 0.05) is 39.3 Å². The lowest BCUT2D eigenvalue weighted by Gasteiger charge is -2.26. The van der Waals surface area contributed by atoms with Gasteiger partial charge in [0.15, 0.2) is 0 Å². The highest BCUT2D eigenvalue weighted by atomic mass is 15.2. The summed E-state index contributed by atoms with van der Waals surface area (Å²) in [6.45, 7) is 4.94. The molecule has 0 saturated heterocycles. The molecule has 3 heterocycles. The SMILES string of the molecule is c1ccc(CN2Cc3cccc(n3)CN(Cc3ccccc3)Cc3cccc(n3)C2)cc1. The third-order valence-electron chi connectivity index (χ3n) is 5.77. The van der Waals surface area contributed by atoms with Crippen LogP contribution in [0.3, 0.4) is 0 Å². The second kappa shape index (κ2) is 9.86. The third kappa shape index (κ3) is 5.47. The van der Waals surface area contributed by atoms with Gasteiger partial charge in [-0.25, -0.2) is 0 Å². The Hall–Kier alpha value is -3.34. The standard InChI is InChI=1S/C28H28N4/c1-3-9-23(10-4-1)17-31-19-25-13-7-15-27(29-25)21-32(18-24-11-5-2-6-12-24)22-28-16-8-14-26(20-31)30-28/h1-16H,17-22H2. The highest BCUT2D eigenvalue weighted by Crippen LogP contribution is 2.17. The van der Waals surface area contributed by atoms with Gasteiger partial charge in [-0.05, 0) is 35.4 Å². The lowest BCUT2D eigenvalue weighted by atomic mass is 10.1. The first-order valence-corrected chi connectivity index (χ1v) is 11.2. The van der Waals surface area contributed by atoms with Gasteiger partial charge in [-0.1, -0.05) is 72.8 Å². The number of aromatic nitrogens is 2. The van der Waals surface area contributed by atoms with E-state index in [2.05, 4.69) is 107 Å². The van der Waals surface area contributed by atoms with Crippen molar-refractivity contribution in [3.8, 4) is 0 Å². The molecule has 0 saturated carbocycles. The fraction of sp³-hybridized carbons (Fsp3) is 0.214. The molecule has 2 aromatic heterocycles. The van der Waals surface area contributed by atoms with Crippen molar-refractivity contribution in [1.82, 2.24) is 19.8 Å². The van der Waals surface area contributed by atoms with E-state index in [4.69, 9.17) is 9.97 Å². The van der Waals surface area contributed by atoms with Gasteiger partial charge < -0.3 is 0 Å². The van der Waals surface area contributed by atoms with Gasteiger partial charge >= 0.3 is 0 Å². The van der Waals surface area contributed by atoms with E-state index < -0.39 is 0 Å². The van der Waals surface area contributed by atoms with Crippen molar-refractivity contribution < 1.29 is 0 Å². The zero-order valence-corrected chi connectivity index (χ0v) is 18.3. The summed E-state index contributed by atoms with van der Waals surface area (Å²) >= 11 is 0. The van der Waals surface area contributed by atoms with Crippen LogP contribution < -0.4 is 0 Å². The monoisotopic (exact) mass is 420 g/mol. The van der Waals surface area contributed by atoms with E-state index in [1.54, 1.807) is 0 Å². The Labute approximate surface area is 190 Å². The van der Waals surface area contributed by atoms with Crippen molar-refractivity contribution in [2.75, 3.05) is 0 Å². The summed E-state index contributed by atoms with van der Waals surface area (Å²) in [7, 11) is 0. The molecule has 4 aromatic rings. The molecule has 4 heteroatoms. The van der Waals surface area contributed by atoms with Gasteiger partial charge in [-0.3, -0.25) is 19.8 Å². The predicted molar refractivity (Wildman–Crippen MR) is 127 cm³/mol. The molecule has 1 aliphatic heterocycles. The van der Waals surface area contributed by atoms with Crippen molar-refractivity contribution in [1.29, 1.82) is 0 Å². The Morgan fingerprint density at radius 3 is 1.12 bits per heavy atom. The molecular weight excluding hydrogens is 392 g/mol. The highest BCUT2D eigenvalue weighted by Gasteiger charge is 2.15. The van der Waals surface area contributed by atoms with Crippen molar-refractivity contribution in [2.45, 2.75) is 39.3 Å². The van der Waals surface area contributed by atoms with Crippen molar-refractivity contribution in [3.63, 3.8) is 0 Å². The van der Waals surface area contributed by atoms with Crippen molar-refractivity contribution >= 4 is 0 Å². The summed E-state index contributed by atoms with van der Waals surface area (Å²) in [5, 5.41) is 0. The molecule has 0 unspecified atom stereocenters. The van der Waals surface area contributed by atoms with Gasteiger partial charge in [-0.2, -0.15) is 0 Å². The molecule has 0 fully saturated rings. The predicted octanol–water partition coefficient (Wildman–Crippen LogP) is 5.19. The zero-order chi connectivity index (χ0) is 21.6. The van der Waals surface area contributed by atoms with E-state index in [-0.39, 0.29) is 0 Å². The lowest BCUT2D eigenvalue weighted by Crippen LogP contribution is -2.27. The first-order chi connectivity index (χ1) is 15.8. The number of benzene rings is 2. The van der Waals surface area contributed by atoms with Crippen LogP contribution in [0.4, 0.5) is 0 Å². The average Bonchev–Trinajstić information content (AvgIpc) is 2.80. The Morgan fingerprint density at radius 1 is 0.438 bits per heavy atom. The van der Waals surface area contributed by atoms with Crippen LogP contribution >= 0.6 is 0 Å². The van der Waals surface area contributed by atoms with Crippen LogP contribution in [0.1, 0.15) is 33.9 Å². The quantitative estimate of drug-likeness (QED) is 0.455. The average molecular weight is 421 g/mol. The van der Waals surface area contributed by atoms with Crippen LogP contribution in [0, 0.1) is 0 Å². The zero-order valence-electron chi connectivity index (χ0n) is 18.3. The summed E-state index contributed by atoms with van der Waals surface area (Å²) in [6.07, 6.45) is 0. The van der Waals surface area contributed by atoms with E-state index >= 15 is 0 Å². The molecule has 5 rings (SSSR count). The van der Waals surface area contributed by atoms with Crippen LogP contribution in [-0.2, 0) is 39.3 Å². The maximum absolute atomic E-state index is 5.02. The summed E-state index contributed by atoms with van der Waals surface area (Å²) in [4.78, 5) is 14.9. The summed E-state index contributed by atoms with van der Waals surface area (Å²) in [5.74, 6) is 0. The van der Waals surface area contributed by atoms with Gasteiger partial charge in [-0.15, -0.1) is 0 Å². The van der Waals surface area contributed by atoms with Gasteiger partial charge in [0.1, 0.15) is 0 Å². The molecule has 0 spiro atoms. The smallest absolute Gasteiger partial charge is 0.0548 e. The summed E-state index contributed by atoms with van der Waals surface area (Å²) < 4.78 is 0. The fourth-order valence-corrected chi connectivity index (χ4v) is 4.35. The molecule has 2 aromatic carbocycles. The maximum atomic E-state index is 5.02. The van der Waals surface area contributed by atoms with E-state index in [0.717, 1.165) is 62.0 Å². The topological polar surface area (TPSA) is 32.3 Å². The molecule has 0 atom stereocenters. The number of pyridine rings is 2. The van der Waals surface area contributed by atoms with E-state index in [1.807, 2.05) is 0 Å². The highest BCUT2D eigenvalue weighted by molar-refractivity contribution is 5.19. The first kappa shape index (κ1) is 20.6. The van der Waals surface area contributed by atoms with E-state index in [1.165, 1.54) is 11.1 Å². The Balaban J connectivity index is 1.45. The summed E-state index contributed by atoms with van der Waals surface area (Å²) in [6, 6.07) is 34.1. The largest absolute Gasteiger partial charge is 0.287 e. The molecule has 160 valence electrons. The normalized spacial score (nSPS) is 15.0. The van der Waals surface area contributed by atoms with Crippen molar-refractivity contribution in [2.24, 2.45) is 0 Å². The minimum absolute atomic E-state index is 0.799. The van der Waals surface area contributed by atoms with Gasteiger partial charge in [0.25, 0.3) is 0 Å². The second-order valence-electron chi connectivity index (χ2n) is 8.50. The number of hydrogen-bond donors (Lipinski definition) is 0. The molecule has 4 nitrogen and oxygen atoms in total. The van der Waals surface area contributed by atoms with Crippen molar-refractivity contribution in [3.05, 3.63) is 131 Å². The molecule has 0 amide bonds. The molecule has 0 aliphatic carbocycles. The van der Waals surface area contributed by atoms with Crippen LogP contribution in [0.5, 0.6) is 0 Å². The molecule has 1 aliphatic rings. The minimum atomic E-state index is 0.799. The molecule has 4 bridgehead atoms. The fourth-order valence-electron chi connectivity index (χ4n) is 4.35. The second-order valence-corrected chi connectivity index (χ2v) is 8.50. The minimum Gasteiger partial charge on any atom is -0.287 e.